The molecule has 0 unspecified atom stereocenters. The predicted octanol–water partition coefficient (Wildman–Crippen LogP) is 1.95. The normalized spacial score (nSPS) is 10.2. The highest BCUT2D eigenvalue weighted by Crippen LogP contribution is 2.13. The van der Waals surface area contributed by atoms with Crippen LogP contribution in [0.5, 0.6) is 5.88 Å². The van der Waals surface area contributed by atoms with Crippen LogP contribution in [0.1, 0.15) is 37.2 Å². The summed E-state index contributed by atoms with van der Waals surface area (Å²) >= 11 is 0. The second-order valence-electron chi connectivity index (χ2n) is 3.47. The van der Waals surface area contributed by atoms with Crippen molar-refractivity contribution in [2.24, 2.45) is 0 Å². The molecule has 1 rings (SSSR count). The van der Waals surface area contributed by atoms with Crippen molar-refractivity contribution in [3.05, 3.63) is 11.8 Å². The van der Waals surface area contributed by atoms with Crippen LogP contribution in [0.3, 0.4) is 0 Å². The van der Waals surface area contributed by atoms with Crippen LogP contribution in [0.25, 0.3) is 0 Å². The Hall–Kier alpha value is -1.52. The average Bonchev–Trinajstić information content (AvgIpc) is 2.78. The maximum Gasteiger partial charge on any atom is 0.292 e. The van der Waals surface area contributed by atoms with E-state index in [2.05, 4.69) is 12.1 Å². The number of ether oxygens (including phenoxy) is 1. The summed E-state index contributed by atoms with van der Waals surface area (Å²) in [5.41, 5.74) is 0. The molecule has 0 aliphatic heterocycles. The van der Waals surface area contributed by atoms with Crippen molar-refractivity contribution in [2.45, 2.75) is 26.7 Å². The van der Waals surface area contributed by atoms with Gasteiger partial charge in [0.15, 0.2) is 0 Å². The minimum absolute atomic E-state index is 0.133. The first-order valence-electron chi connectivity index (χ1n) is 5.52. The van der Waals surface area contributed by atoms with Gasteiger partial charge in [-0.25, -0.2) is 0 Å². The average molecular weight is 226 g/mol. The number of unbranched alkanes of at least 4 members (excludes halogenated alkanes) is 1. The molecule has 5 heteroatoms. The van der Waals surface area contributed by atoms with Gasteiger partial charge in [-0.05, 0) is 18.5 Å². The van der Waals surface area contributed by atoms with Crippen LogP contribution < -0.4 is 4.74 Å². The second-order valence-corrected chi connectivity index (χ2v) is 3.47. The summed E-state index contributed by atoms with van der Waals surface area (Å²) in [6, 6.07) is 1.51. The number of methoxy groups -OCH3 is 1. The third-order valence-electron chi connectivity index (χ3n) is 2.36. The molecule has 0 atom stereocenters. The van der Waals surface area contributed by atoms with Crippen molar-refractivity contribution in [2.75, 3.05) is 20.2 Å². The van der Waals surface area contributed by atoms with Crippen LogP contribution in [0.15, 0.2) is 10.6 Å². The van der Waals surface area contributed by atoms with Crippen molar-refractivity contribution in [3.63, 3.8) is 0 Å². The van der Waals surface area contributed by atoms with E-state index in [1.165, 1.54) is 13.2 Å². The molecule has 0 spiro atoms. The lowest BCUT2D eigenvalue weighted by atomic mass is 10.3. The van der Waals surface area contributed by atoms with Crippen molar-refractivity contribution in [3.8, 4) is 5.88 Å². The molecular weight excluding hydrogens is 208 g/mol. The molecule has 0 radical (unpaired) electrons. The lowest BCUT2D eigenvalue weighted by Crippen LogP contribution is -2.31. The summed E-state index contributed by atoms with van der Waals surface area (Å²) in [4.78, 5) is 13.7. The zero-order chi connectivity index (χ0) is 12.0. The van der Waals surface area contributed by atoms with E-state index in [0.29, 0.717) is 12.4 Å². The Labute approximate surface area is 95.4 Å². The monoisotopic (exact) mass is 226 g/mol. The summed E-state index contributed by atoms with van der Waals surface area (Å²) in [5.74, 6) is 0.427. The molecule has 90 valence electrons. The lowest BCUT2D eigenvalue weighted by molar-refractivity contribution is 0.0720. The molecule has 5 nitrogen and oxygen atoms in total. The Balaban J connectivity index is 2.66. The van der Waals surface area contributed by atoms with Crippen LogP contribution in [-0.4, -0.2) is 36.2 Å². The highest BCUT2D eigenvalue weighted by molar-refractivity contribution is 5.91. The molecule has 0 N–H and O–H groups in total. The summed E-state index contributed by atoms with van der Waals surface area (Å²) in [6.07, 6.45) is 2.05. The van der Waals surface area contributed by atoms with Gasteiger partial charge >= 0.3 is 0 Å². The number of hydrogen-bond donors (Lipinski definition) is 0. The first-order chi connectivity index (χ1) is 7.72. The molecule has 1 amide bonds. The molecule has 0 fully saturated rings. The predicted molar refractivity (Wildman–Crippen MR) is 59.5 cm³/mol. The van der Waals surface area contributed by atoms with Crippen LogP contribution in [0.4, 0.5) is 0 Å². The Kier molecular flexibility index (Phi) is 4.82. The van der Waals surface area contributed by atoms with Crippen LogP contribution in [-0.2, 0) is 0 Å². The van der Waals surface area contributed by atoms with Gasteiger partial charge in [0.1, 0.15) is 0 Å². The Morgan fingerprint density at radius 2 is 2.31 bits per heavy atom. The van der Waals surface area contributed by atoms with E-state index >= 15 is 0 Å². The van der Waals surface area contributed by atoms with E-state index in [-0.39, 0.29) is 11.7 Å². The van der Waals surface area contributed by atoms with E-state index in [9.17, 15) is 4.79 Å². The fourth-order valence-corrected chi connectivity index (χ4v) is 1.36. The third kappa shape index (κ3) is 2.98. The molecule has 1 aromatic rings. The van der Waals surface area contributed by atoms with Crippen LogP contribution >= 0.6 is 0 Å². The minimum atomic E-state index is -0.133. The number of carbonyl (C=O) groups excluding carboxylic acids is 1. The Morgan fingerprint density at radius 3 is 2.81 bits per heavy atom. The number of amides is 1. The van der Waals surface area contributed by atoms with Crippen LogP contribution in [0, 0.1) is 0 Å². The topological polar surface area (TPSA) is 55.6 Å². The highest BCUT2D eigenvalue weighted by Gasteiger charge is 2.18. The SMILES string of the molecule is CCCCN(CC)C(=O)c1cc(OC)no1. The quantitative estimate of drug-likeness (QED) is 0.744. The van der Waals surface area contributed by atoms with E-state index in [1.807, 2.05) is 6.92 Å². The molecule has 0 aliphatic rings. The van der Waals surface area contributed by atoms with E-state index in [0.717, 1.165) is 19.4 Å². The first-order valence-corrected chi connectivity index (χ1v) is 5.52. The molecule has 1 heterocycles. The summed E-state index contributed by atoms with van der Waals surface area (Å²) in [6.45, 7) is 5.45. The highest BCUT2D eigenvalue weighted by atomic mass is 16.5. The van der Waals surface area contributed by atoms with E-state index in [4.69, 9.17) is 9.26 Å². The molecule has 16 heavy (non-hydrogen) atoms. The van der Waals surface area contributed by atoms with Crippen molar-refractivity contribution in [1.82, 2.24) is 10.1 Å². The van der Waals surface area contributed by atoms with E-state index < -0.39 is 0 Å². The van der Waals surface area contributed by atoms with Gasteiger partial charge in [0.25, 0.3) is 11.8 Å². The van der Waals surface area contributed by atoms with Gasteiger partial charge in [-0.2, -0.15) is 0 Å². The van der Waals surface area contributed by atoms with E-state index in [1.54, 1.807) is 4.90 Å². The summed E-state index contributed by atoms with van der Waals surface area (Å²) < 4.78 is 9.78. The van der Waals surface area contributed by atoms with Gasteiger partial charge in [0, 0.05) is 13.1 Å². The van der Waals surface area contributed by atoms with Gasteiger partial charge in [0.05, 0.1) is 13.2 Å². The summed E-state index contributed by atoms with van der Waals surface area (Å²) in [7, 11) is 1.49. The molecule has 0 aromatic carbocycles. The van der Waals surface area contributed by atoms with Gasteiger partial charge < -0.3 is 14.2 Å². The lowest BCUT2D eigenvalue weighted by Gasteiger charge is -2.18. The molecule has 0 saturated heterocycles. The fourth-order valence-electron chi connectivity index (χ4n) is 1.36. The van der Waals surface area contributed by atoms with Crippen LogP contribution in [0.2, 0.25) is 0 Å². The third-order valence-corrected chi connectivity index (χ3v) is 2.36. The molecule has 0 aliphatic carbocycles. The Morgan fingerprint density at radius 1 is 1.56 bits per heavy atom. The molecule has 1 aromatic heterocycles. The maximum absolute atomic E-state index is 11.9. The number of carbonyl (C=O) groups is 1. The van der Waals surface area contributed by atoms with Gasteiger partial charge in [0.2, 0.25) is 5.76 Å². The summed E-state index contributed by atoms with van der Waals surface area (Å²) in [5, 5.41) is 3.61. The maximum atomic E-state index is 11.9. The fraction of sp³-hybridized carbons (Fsp3) is 0.636. The standard InChI is InChI=1S/C11H18N2O3/c1-4-6-7-13(5-2)11(14)9-8-10(15-3)12-16-9/h8H,4-7H2,1-3H3. The first kappa shape index (κ1) is 12.5. The van der Waals surface area contributed by atoms with Crippen molar-refractivity contribution < 1.29 is 14.1 Å². The zero-order valence-electron chi connectivity index (χ0n) is 10.0. The number of nitrogens with zero attached hydrogens (tertiary/aromatic N) is 2. The Bertz CT molecular complexity index is 336. The number of rotatable bonds is 6. The largest absolute Gasteiger partial charge is 0.479 e. The van der Waals surface area contributed by atoms with Gasteiger partial charge in [-0.1, -0.05) is 13.3 Å². The second kappa shape index (κ2) is 6.15. The van der Waals surface area contributed by atoms with Gasteiger partial charge in [-0.15, -0.1) is 0 Å². The smallest absolute Gasteiger partial charge is 0.292 e. The molecule has 0 bridgehead atoms. The van der Waals surface area contributed by atoms with Crippen molar-refractivity contribution >= 4 is 5.91 Å². The number of aromatic nitrogens is 1. The number of hydrogen-bond acceptors (Lipinski definition) is 4. The molecule has 0 saturated carbocycles. The van der Waals surface area contributed by atoms with Gasteiger partial charge in [-0.3, -0.25) is 4.79 Å². The molecular formula is C11H18N2O3. The minimum Gasteiger partial charge on any atom is -0.479 e. The zero-order valence-corrected chi connectivity index (χ0v) is 10.0. The van der Waals surface area contributed by atoms with Crippen molar-refractivity contribution in [1.29, 1.82) is 0 Å².